The molecular weight excluding hydrogens is 478 g/mol. The lowest BCUT2D eigenvalue weighted by Crippen LogP contribution is -2.40. The summed E-state index contributed by atoms with van der Waals surface area (Å²) < 4.78 is 16.6. The van der Waals surface area contributed by atoms with Crippen molar-refractivity contribution >= 4 is 23.2 Å². The van der Waals surface area contributed by atoms with Gasteiger partial charge >= 0.3 is 11.9 Å². The van der Waals surface area contributed by atoms with Crippen LogP contribution in [0.5, 0.6) is 0 Å². The van der Waals surface area contributed by atoms with Crippen LogP contribution in [-0.4, -0.2) is 44.3 Å². The molecule has 1 aromatic rings. The Kier molecular flexibility index (Phi) is 9.29. The molecule has 0 amide bonds. The number of hydrogen-bond donors (Lipinski definition) is 0. The maximum absolute atomic E-state index is 13.1. The van der Waals surface area contributed by atoms with Gasteiger partial charge in [-0.3, -0.25) is 0 Å². The van der Waals surface area contributed by atoms with Crippen LogP contribution in [0.25, 0.3) is 5.57 Å². The van der Waals surface area contributed by atoms with E-state index in [0.717, 1.165) is 35.2 Å². The Bertz CT molecular complexity index is 1160. The van der Waals surface area contributed by atoms with E-state index in [1.807, 2.05) is 58.9 Å². The monoisotopic (exact) mass is 521 g/mol. The Morgan fingerprint density at radius 2 is 1.71 bits per heavy atom. The van der Waals surface area contributed by atoms with Crippen molar-refractivity contribution in [3.05, 3.63) is 71.0 Å². The van der Waals surface area contributed by atoms with E-state index in [-0.39, 0.29) is 12.6 Å². The molecule has 0 N–H and O–H groups in total. The van der Waals surface area contributed by atoms with Crippen LogP contribution < -0.4 is 4.90 Å². The highest BCUT2D eigenvalue weighted by Crippen LogP contribution is 2.40. The molecule has 0 bridgehead atoms. The summed E-state index contributed by atoms with van der Waals surface area (Å²) in [7, 11) is 3.02. The molecule has 1 unspecified atom stereocenters. The molecule has 1 saturated carbocycles. The van der Waals surface area contributed by atoms with Gasteiger partial charge in [0, 0.05) is 11.3 Å². The molecule has 206 valence electrons. The highest BCUT2D eigenvalue weighted by Gasteiger charge is 2.31. The van der Waals surface area contributed by atoms with Crippen molar-refractivity contribution in [1.29, 1.82) is 0 Å². The molecule has 0 aromatic heterocycles. The van der Waals surface area contributed by atoms with E-state index in [2.05, 4.69) is 18.1 Å². The van der Waals surface area contributed by atoms with Crippen molar-refractivity contribution < 1.29 is 23.8 Å². The molecule has 1 atom stereocenters. The minimum Gasteiger partial charge on any atom is -0.499 e. The van der Waals surface area contributed by atoms with E-state index in [1.165, 1.54) is 26.4 Å². The minimum absolute atomic E-state index is 0.252. The number of benzene rings is 1. The molecule has 38 heavy (non-hydrogen) atoms. The van der Waals surface area contributed by atoms with Gasteiger partial charge in [-0.25, -0.2) is 9.59 Å². The Morgan fingerprint density at radius 1 is 1.05 bits per heavy atom. The summed E-state index contributed by atoms with van der Waals surface area (Å²) in [5.74, 6) is 0.264. The average molecular weight is 522 g/mol. The summed E-state index contributed by atoms with van der Waals surface area (Å²) in [5, 5.41) is 0. The molecule has 0 spiro atoms. The molecule has 0 saturated heterocycles. The first-order chi connectivity index (χ1) is 17.9. The quantitative estimate of drug-likeness (QED) is 0.375. The van der Waals surface area contributed by atoms with Gasteiger partial charge in [0.15, 0.2) is 0 Å². The molecule has 1 aromatic carbocycles. The van der Waals surface area contributed by atoms with Crippen LogP contribution in [0.1, 0.15) is 82.6 Å². The maximum Gasteiger partial charge on any atom is 0.338 e. The Morgan fingerprint density at radius 3 is 2.29 bits per heavy atom. The molecule has 0 radical (unpaired) electrons. The first-order valence-electron chi connectivity index (χ1n) is 13.4. The van der Waals surface area contributed by atoms with Crippen LogP contribution in [0.15, 0.2) is 59.9 Å². The smallest absolute Gasteiger partial charge is 0.338 e. The fourth-order valence-electron chi connectivity index (χ4n) is 5.21. The van der Waals surface area contributed by atoms with Crippen molar-refractivity contribution in [2.45, 2.75) is 78.4 Å². The lowest BCUT2D eigenvalue weighted by molar-refractivity contribution is -0.136. The molecule has 6 nitrogen and oxygen atoms in total. The second-order valence-corrected chi connectivity index (χ2v) is 11.3. The van der Waals surface area contributed by atoms with Crippen LogP contribution in [0.4, 0.5) is 5.69 Å². The number of allylic oxidation sites excluding steroid dienone is 4. The van der Waals surface area contributed by atoms with Crippen LogP contribution in [0, 0.1) is 5.92 Å². The Labute approximate surface area is 228 Å². The number of rotatable bonds is 6. The molecule has 6 heteroatoms. The number of hydrogen-bond acceptors (Lipinski definition) is 6. The fraction of sp³-hybridized carbons (Fsp3) is 0.500. The van der Waals surface area contributed by atoms with Crippen molar-refractivity contribution in [3.63, 3.8) is 0 Å². The molecule has 1 heterocycles. The molecule has 1 fully saturated rings. The number of carbonyl (C=O) groups excluding carboxylic acids is 2. The minimum atomic E-state index is -0.625. The lowest BCUT2D eigenvalue weighted by atomic mass is 9.81. The maximum atomic E-state index is 13.1. The number of nitrogens with zero attached hydrogens (tertiary/aromatic N) is 1. The van der Waals surface area contributed by atoms with Gasteiger partial charge in [0.2, 0.25) is 0 Å². The lowest BCUT2D eigenvalue weighted by Gasteiger charge is -2.37. The first kappa shape index (κ1) is 29.3. The summed E-state index contributed by atoms with van der Waals surface area (Å²) in [4.78, 5) is 28.1. The number of anilines is 1. The van der Waals surface area contributed by atoms with Crippen LogP contribution in [-0.2, 0) is 19.0 Å². The molecule has 1 aliphatic carbocycles. The second kappa shape index (κ2) is 12.1. The van der Waals surface area contributed by atoms with Gasteiger partial charge < -0.3 is 19.1 Å². The first-order valence-corrected chi connectivity index (χ1v) is 13.4. The van der Waals surface area contributed by atoms with E-state index in [9.17, 15) is 9.59 Å². The Balaban J connectivity index is 2.22. The molecule has 2 aliphatic rings. The van der Waals surface area contributed by atoms with Crippen molar-refractivity contribution in [1.82, 2.24) is 0 Å². The zero-order chi connectivity index (χ0) is 28.2. The third-order valence-electron chi connectivity index (χ3n) is 7.51. The van der Waals surface area contributed by atoms with Crippen LogP contribution in [0.3, 0.4) is 0 Å². The van der Waals surface area contributed by atoms with Gasteiger partial charge in [-0.1, -0.05) is 38.5 Å². The second-order valence-electron chi connectivity index (χ2n) is 11.3. The molecule has 1 aliphatic heterocycles. The normalized spacial score (nSPS) is 20.7. The van der Waals surface area contributed by atoms with Gasteiger partial charge in [-0.05, 0) is 88.3 Å². The number of carbonyl (C=O) groups is 2. The summed E-state index contributed by atoms with van der Waals surface area (Å²) in [5.41, 5.74) is 4.58. The van der Waals surface area contributed by atoms with E-state index in [0.29, 0.717) is 28.4 Å². The summed E-state index contributed by atoms with van der Waals surface area (Å²) in [6.07, 6.45) is 7.66. The van der Waals surface area contributed by atoms with Gasteiger partial charge in [0.05, 0.1) is 37.9 Å². The largest absolute Gasteiger partial charge is 0.499 e. The topological polar surface area (TPSA) is 65.1 Å². The van der Waals surface area contributed by atoms with Gasteiger partial charge in [-0.15, -0.1) is 0 Å². The van der Waals surface area contributed by atoms with Crippen molar-refractivity contribution in [2.24, 2.45) is 5.92 Å². The highest BCUT2D eigenvalue weighted by atomic mass is 16.6. The van der Waals surface area contributed by atoms with Gasteiger partial charge in [-0.2, -0.15) is 0 Å². The summed E-state index contributed by atoms with van der Waals surface area (Å²) in [6, 6.07) is 5.38. The standard InChI is InChI=1S/C32H43NO5/c1-20-17-29(36-8)23(4)33(19-27(21(20)2)31(35)37-9)28-18-25(30(34)38-32(5,6)7)15-16-26(28)22(3)24-13-11-10-12-14-24/h15-18,23-24H,1,3,10-14,19H2,2,4-9H3/b27-21?,29-17+. The summed E-state index contributed by atoms with van der Waals surface area (Å²) in [6.45, 7) is 18.4. The van der Waals surface area contributed by atoms with Crippen LogP contribution >= 0.6 is 0 Å². The van der Waals surface area contributed by atoms with Crippen LogP contribution in [0.2, 0.25) is 0 Å². The van der Waals surface area contributed by atoms with E-state index in [1.54, 1.807) is 7.11 Å². The third kappa shape index (κ3) is 6.58. The van der Waals surface area contributed by atoms with Crippen molar-refractivity contribution in [3.8, 4) is 0 Å². The zero-order valence-electron chi connectivity index (χ0n) is 24.1. The molecular formula is C32H43NO5. The molecule has 3 rings (SSSR count). The highest BCUT2D eigenvalue weighted by molar-refractivity contribution is 5.94. The predicted octanol–water partition coefficient (Wildman–Crippen LogP) is 7.02. The number of methoxy groups -OCH3 is 2. The Hall–Kier alpha value is -3.28. The average Bonchev–Trinajstić information content (AvgIpc) is 2.89. The summed E-state index contributed by atoms with van der Waals surface area (Å²) >= 11 is 0. The predicted molar refractivity (Wildman–Crippen MR) is 153 cm³/mol. The third-order valence-corrected chi connectivity index (χ3v) is 7.51. The number of esters is 2. The van der Waals surface area contributed by atoms with E-state index in [4.69, 9.17) is 14.2 Å². The van der Waals surface area contributed by atoms with E-state index >= 15 is 0 Å². The van der Waals surface area contributed by atoms with Gasteiger partial charge in [0.25, 0.3) is 0 Å². The number of ether oxygens (including phenoxy) is 3. The fourth-order valence-corrected chi connectivity index (χ4v) is 5.21. The van der Waals surface area contributed by atoms with E-state index < -0.39 is 17.5 Å². The van der Waals surface area contributed by atoms with Gasteiger partial charge in [0.1, 0.15) is 11.4 Å². The SMILES string of the molecule is C=C1/C=C(/OC)C(C)N(c2cc(C(=O)OC(C)(C)C)ccc2C(=C)C2CCCCC2)CC(C(=O)OC)=C1C. The zero-order valence-corrected chi connectivity index (χ0v) is 24.1. The van der Waals surface area contributed by atoms with Crippen molar-refractivity contribution in [2.75, 3.05) is 25.7 Å².